The van der Waals surface area contributed by atoms with Crippen molar-refractivity contribution in [3.63, 3.8) is 0 Å². The number of sulfonamides is 1. The van der Waals surface area contributed by atoms with E-state index in [9.17, 15) is 8.42 Å². The monoisotopic (exact) mass is 313 g/mol. The Balaban J connectivity index is 2.24. The van der Waals surface area contributed by atoms with Gasteiger partial charge in [0.1, 0.15) is 10.6 Å². The molecule has 2 rings (SSSR count). The number of hydrogen-bond acceptors (Lipinski definition) is 5. The standard InChI is InChI=1S/C14H23N3O3S/c1-11(2)16-6-8-17(9-7-16)21(18,19)14-5-4-12(15)10-13(14)20-3/h4-5,10-11H,6-9,15H2,1-3H3. The predicted molar refractivity (Wildman–Crippen MR) is 82.9 cm³/mol. The number of benzene rings is 1. The zero-order chi connectivity index (χ0) is 15.6. The number of nitrogens with zero attached hydrogens (tertiary/aromatic N) is 2. The van der Waals surface area contributed by atoms with Gasteiger partial charge in [-0.05, 0) is 26.0 Å². The third kappa shape index (κ3) is 3.30. The second-order valence-corrected chi connectivity index (χ2v) is 7.35. The molecule has 0 radical (unpaired) electrons. The topological polar surface area (TPSA) is 75.9 Å². The van der Waals surface area contributed by atoms with E-state index in [2.05, 4.69) is 18.7 Å². The highest BCUT2D eigenvalue weighted by molar-refractivity contribution is 7.89. The maximum absolute atomic E-state index is 12.7. The molecule has 0 unspecified atom stereocenters. The molecule has 2 N–H and O–H groups in total. The van der Waals surface area contributed by atoms with Crippen LogP contribution in [0.4, 0.5) is 5.69 Å². The quantitative estimate of drug-likeness (QED) is 0.839. The van der Waals surface area contributed by atoms with Gasteiger partial charge in [0.05, 0.1) is 7.11 Å². The van der Waals surface area contributed by atoms with Crippen molar-refractivity contribution >= 4 is 15.7 Å². The molecule has 1 saturated heterocycles. The van der Waals surface area contributed by atoms with Gasteiger partial charge in [-0.3, -0.25) is 4.90 Å². The van der Waals surface area contributed by atoms with E-state index in [1.54, 1.807) is 6.07 Å². The van der Waals surface area contributed by atoms with Crippen molar-refractivity contribution < 1.29 is 13.2 Å². The number of ether oxygens (including phenoxy) is 1. The first kappa shape index (κ1) is 16.1. The Morgan fingerprint density at radius 1 is 1.19 bits per heavy atom. The number of hydrogen-bond donors (Lipinski definition) is 1. The van der Waals surface area contributed by atoms with Gasteiger partial charge >= 0.3 is 0 Å². The molecule has 0 atom stereocenters. The highest BCUT2D eigenvalue weighted by atomic mass is 32.2. The number of nitrogens with two attached hydrogens (primary N) is 1. The number of piperazine rings is 1. The summed E-state index contributed by atoms with van der Waals surface area (Å²) in [6.07, 6.45) is 0. The lowest BCUT2D eigenvalue weighted by molar-refractivity contribution is 0.154. The number of rotatable bonds is 4. The van der Waals surface area contributed by atoms with Crippen molar-refractivity contribution in [2.75, 3.05) is 39.0 Å². The summed E-state index contributed by atoms with van der Waals surface area (Å²) in [6, 6.07) is 5.07. The molecular weight excluding hydrogens is 290 g/mol. The van der Waals surface area contributed by atoms with Crippen LogP contribution < -0.4 is 10.5 Å². The van der Waals surface area contributed by atoms with Crippen molar-refractivity contribution in [2.45, 2.75) is 24.8 Å². The van der Waals surface area contributed by atoms with Crippen LogP contribution in [0.2, 0.25) is 0 Å². The van der Waals surface area contributed by atoms with E-state index in [1.807, 2.05) is 0 Å². The molecule has 1 aromatic rings. The molecule has 0 aliphatic carbocycles. The zero-order valence-corrected chi connectivity index (χ0v) is 13.6. The van der Waals surface area contributed by atoms with E-state index in [-0.39, 0.29) is 4.90 Å². The summed E-state index contributed by atoms with van der Waals surface area (Å²) < 4.78 is 32.2. The molecule has 0 saturated carbocycles. The Hall–Kier alpha value is -1.31. The molecule has 1 aromatic carbocycles. The maximum atomic E-state index is 12.7. The summed E-state index contributed by atoms with van der Waals surface area (Å²) in [7, 11) is -2.10. The fourth-order valence-electron chi connectivity index (χ4n) is 2.50. The van der Waals surface area contributed by atoms with Gasteiger partial charge < -0.3 is 10.5 Å². The van der Waals surface area contributed by atoms with E-state index in [1.165, 1.54) is 23.5 Å². The SMILES string of the molecule is COc1cc(N)ccc1S(=O)(=O)N1CCN(C(C)C)CC1. The van der Waals surface area contributed by atoms with Gasteiger partial charge in [-0.1, -0.05) is 0 Å². The zero-order valence-electron chi connectivity index (χ0n) is 12.7. The number of methoxy groups -OCH3 is 1. The molecule has 6 nitrogen and oxygen atoms in total. The number of nitrogen functional groups attached to an aromatic ring is 1. The first-order valence-electron chi connectivity index (χ1n) is 7.04. The molecule has 1 fully saturated rings. The van der Waals surface area contributed by atoms with Gasteiger partial charge in [-0.25, -0.2) is 8.42 Å². The first-order chi connectivity index (χ1) is 9.86. The molecule has 0 aromatic heterocycles. The van der Waals surface area contributed by atoms with Crippen molar-refractivity contribution in [3.8, 4) is 5.75 Å². The number of anilines is 1. The van der Waals surface area contributed by atoms with Crippen LogP contribution in [0.1, 0.15) is 13.8 Å². The lowest BCUT2D eigenvalue weighted by Crippen LogP contribution is -2.50. The molecule has 7 heteroatoms. The van der Waals surface area contributed by atoms with E-state index in [0.29, 0.717) is 30.6 Å². The Kier molecular flexibility index (Phi) is 4.75. The predicted octanol–water partition coefficient (Wildman–Crippen LogP) is 0.992. The van der Waals surface area contributed by atoms with Gasteiger partial charge in [-0.15, -0.1) is 0 Å². The van der Waals surface area contributed by atoms with E-state index >= 15 is 0 Å². The van der Waals surface area contributed by atoms with E-state index in [4.69, 9.17) is 10.5 Å². The molecular formula is C14H23N3O3S. The lowest BCUT2D eigenvalue weighted by atomic mass is 10.3. The third-order valence-electron chi connectivity index (χ3n) is 3.81. The summed E-state index contributed by atoms with van der Waals surface area (Å²) >= 11 is 0. The first-order valence-corrected chi connectivity index (χ1v) is 8.48. The van der Waals surface area contributed by atoms with Crippen molar-refractivity contribution in [3.05, 3.63) is 18.2 Å². The summed E-state index contributed by atoms with van der Waals surface area (Å²) in [5, 5.41) is 0. The van der Waals surface area contributed by atoms with Crippen LogP contribution in [0.25, 0.3) is 0 Å². The fourth-order valence-corrected chi connectivity index (χ4v) is 4.06. The highest BCUT2D eigenvalue weighted by Gasteiger charge is 2.31. The van der Waals surface area contributed by atoms with Gasteiger partial charge in [0.2, 0.25) is 10.0 Å². The van der Waals surface area contributed by atoms with Gasteiger partial charge in [0, 0.05) is 44.0 Å². The Morgan fingerprint density at radius 3 is 2.33 bits per heavy atom. The van der Waals surface area contributed by atoms with Gasteiger partial charge in [0.25, 0.3) is 0 Å². The highest BCUT2D eigenvalue weighted by Crippen LogP contribution is 2.29. The van der Waals surface area contributed by atoms with Crippen LogP contribution in [-0.2, 0) is 10.0 Å². The third-order valence-corrected chi connectivity index (χ3v) is 5.75. The smallest absolute Gasteiger partial charge is 0.246 e. The molecule has 1 heterocycles. The molecule has 0 amide bonds. The van der Waals surface area contributed by atoms with Crippen molar-refractivity contribution in [1.82, 2.24) is 9.21 Å². The van der Waals surface area contributed by atoms with E-state index < -0.39 is 10.0 Å². The van der Waals surface area contributed by atoms with Crippen molar-refractivity contribution in [1.29, 1.82) is 0 Å². The Morgan fingerprint density at radius 2 is 1.81 bits per heavy atom. The minimum absolute atomic E-state index is 0.178. The largest absolute Gasteiger partial charge is 0.495 e. The van der Waals surface area contributed by atoms with Gasteiger partial charge in [-0.2, -0.15) is 4.31 Å². The fraction of sp³-hybridized carbons (Fsp3) is 0.571. The average Bonchev–Trinajstić information content (AvgIpc) is 2.46. The average molecular weight is 313 g/mol. The maximum Gasteiger partial charge on any atom is 0.246 e. The minimum Gasteiger partial charge on any atom is -0.495 e. The van der Waals surface area contributed by atoms with Crippen LogP contribution in [0.3, 0.4) is 0 Å². The lowest BCUT2D eigenvalue weighted by Gasteiger charge is -2.36. The Labute approximate surface area is 126 Å². The second-order valence-electron chi connectivity index (χ2n) is 5.44. The second kappa shape index (κ2) is 6.21. The molecule has 1 aliphatic rings. The summed E-state index contributed by atoms with van der Waals surface area (Å²) in [5.41, 5.74) is 6.16. The van der Waals surface area contributed by atoms with E-state index in [0.717, 1.165) is 13.1 Å². The van der Waals surface area contributed by atoms with Crippen LogP contribution in [-0.4, -0.2) is 57.0 Å². The van der Waals surface area contributed by atoms with Crippen LogP contribution in [0, 0.1) is 0 Å². The summed E-state index contributed by atoms with van der Waals surface area (Å²) in [5.74, 6) is 0.293. The van der Waals surface area contributed by atoms with Crippen LogP contribution in [0.5, 0.6) is 5.75 Å². The van der Waals surface area contributed by atoms with Gasteiger partial charge in [0.15, 0.2) is 0 Å². The molecule has 0 bridgehead atoms. The molecule has 21 heavy (non-hydrogen) atoms. The van der Waals surface area contributed by atoms with Crippen LogP contribution in [0.15, 0.2) is 23.1 Å². The normalized spacial score (nSPS) is 18.1. The molecule has 118 valence electrons. The van der Waals surface area contributed by atoms with Crippen LogP contribution >= 0.6 is 0 Å². The summed E-state index contributed by atoms with van der Waals surface area (Å²) in [6.45, 7) is 6.71. The minimum atomic E-state index is -3.54. The summed E-state index contributed by atoms with van der Waals surface area (Å²) in [4.78, 5) is 2.45. The van der Waals surface area contributed by atoms with Crippen molar-refractivity contribution in [2.24, 2.45) is 0 Å². The molecule has 0 spiro atoms. The Bertz CT molecular complexity index is 593. The molecule has 1 aliphatic heterocycles.